The molecular formula is C22H21N3O3S3. The lowest BCUT2D eigenvalue weighted by Gasteiger charge is -2.10. The summed E-state index contributed by atoms with van der Waals surface area (Å²) in [5.41, 5.74) is 2.62. The molecule has 0 unspecified atom stereocenters. The third-order valence-electron chi connectivity index (χ3n) is 4.82. The Morgan fingerprint density at radius 3 is 2.77 bits per heavy atom. The highest BCUT2D eigenvalue weighted by Gasteiger charge is 2.18. The van der Waals surface area contributed by atoms with E-state index in [2.05, 4.69) is 15.0 Å². The first-order valence-electron chi connectivity index (χ1n) is 9.69. The van der Waals surface area contributed by atoms with Crippen molar-refractivity contribution < 1.29 is 9.53 Å². The summed E-state index contributed by atoms with van der Waals surface area (Å²) in [7, 11) is 0. The number of thiazole rings is 1. The summed E-state index contributed by atoms with van der Waals surface area (Å²) >= 11 is 4.42. The number of thiophene rings is 1. The van der Waals surface area contributed by atoms with Gasteiger partial charge in [-0.2, -0.15) is 0 Å². The number of thioether (sulfide) groups is 1. The van der Waals surface area contributed by atoms with Crippen molar-refractivity contribution in [2.75, 3.05) is 0 Å². The van der Waals surface area contributed by atoms with E-state index in [0.717, 1.165) is 31.5 Å². The Labute approximate surface area is 191 Å². The highest BCUT2D eigenvalue weighted by atomic mass is 32.2. The number of nitrogens with zero attached hydrogens (tertiary/aromatic N) is 2. The number of H-pyrrole nitrogens is 1. The van der Waals surface area contributed by atoms with Crippen LogP contribution in [-0.4, -0.2) is 26.2 Å². The van der Waals surface area contributed by atoms with Crippen LogP contribution in [0.2, 0.25) is 0 Å². The number of carbonyl (C=O) groups is 1. The molecule has 0 aliphatic heterocycles. The van der Waals surface area contributed by atoms with Gasteiger partial charge in [-0.15, -0.1) is 34.4 Å². The highest BCUT2D eigenvalue weighted by molar-refractivity contribution is 7.99. The number of aromatic amines is 1. The largest absolute Gasteiger partial charge is 0.458 e. The summed E-state index contributed by atoms with van der Waals surface area (Å²) in [6.45, 7) is 5.85. The Bertz CT molecular complexity index is 1280. The van der Waals surface area contributed by atoms with Crippen LogP contribution in [0.25, 0.3) is 20.8 Å². The Hall–Kier alpha value is -2.49. The van der Waals surface area contributed by atoms with E-state index in [-0.39, 0.29) is 23.4 Å². The number of fused-ring (bicyclic) bond motifs is 1. The molecule has 0 amide bonds. The van der Waals surface area contributed by atoms with Gasteiger partial charge in [0.2, 0.25) is 0 Å². The number of ether oxygens (including phenoxy) is 1. The zero-order chi connectivity index (χ0) is 22.0. The number of benzene rings is 1. The Morgan fingerprint density at radius 1 is 1.23 bits per heavy atom. The number of nitrogens with one attached hydrogen (secondary N) is 1. The van der Waals surface area contributed by atoms with Crippen molar-refractivity contribution in [2.45, 2.75) is 38.4 Å². The van der Waals surface area contributed by atoms with Crippen molar-refractivity contribution in [2.24, 2.45) is 0 Å². The minimum absolute atomic E-state index is 0.129. The number of rotatable bonds is 7. The van der Waals surface area contributed by atoms with Gasteiger partial charge in [-0.1, -0.05) is 30.3 Å². The number of hydrogen-bond acceptors (Lipinski definition) is 8. The molecule has 0 saturated carbocycles. The maximum Gasteiger partial charge on any atom is 0.319 e. The van der Waals surface area contributed by atoms with Gasteiger partial charge in [-0.25, -0.2) is 9.97 Å². The molecule has 1 aromatic carbocycles. The Balaban J connectivity index is 1.33. The topological polar surface area (TPSA) is 84.9 Å². The molecule has 1 N–H and O–H groups in total. The molecule has 0 aliphatic rings. The first kappa shape index (κ1) is 21.7. The molecule has 0 saturated heterocycles. The molecular weight excluding hydrogens is 450 g/mol. The van der Waals surface area contributed by atoms with E-state index in [9.17, 15) is 9.59 Å². The van der Waals surface area contributed by atoms with Crippen molar-refractivity contribution in [3.8, 4) is 10.6 Å². The molecule has 6 nitrogen and oxygen atoms in total. The van der Waals surface area contributed by atoms with Crippen molar-refractivity contribution in [1.29, 1.82) is 0 Å². The second-order valence-corrected chi connectivity index (χ2v) is 10.4. The average Bonchev–Trinajstić information content (AvgIpc) is 3.35. The second kappa shape index (κ2) is 9.33. The molecule has 0 fully saturated rings. The number of esters is 1. The van der Waals surface area contributed by atoms with Gasteiger partial charge in [0.1, 0.15) is 27.5 Å². The van der Waals surface area contributed by atoms with Crippen molar-refractivity contribution in [1.82, 2.24) is 15.0 Å². The van der Waals surface area contributed by atoms with Crippen LogP contribution in [0.4, 0.5) is 0 Å². The van der Waals surface area contributed by atoms with Gasteiger partial charge in [0, 0.05) is 15.8 Å². The van der Waals surface area contributed by atoms with Crippen molar-refractivity contribution in [3.63, 3.8) is 0 Å². The highest BCUT2D eigenvalue weighted by Crippen LogP contribution is 2.27. The molecule has 0 aliphatic carbocycles. The molecule has 4 rings (SSSR count). The quantitative estimate of drug-likeness (QED) is 0.378. The van der Waals surface area contributed by atoms with E-state index in [1.807, 2.05) is 49.6 Å². The first-order valence-corrected chi connectivity index (χ1v) is 12.4. The van der Waals surface area contributed by atoms with Crippen LogP contribution in [0.5, 0.6) is 0 Å². The van der Waals surface area contributed by atoms with Crippen LogP contribution < -0.4 is 5.56 Å². The Kier molecular flexibility index (Phi) is 6.54. The van der Waals surface area contributed by atoms with E-state index < -0.39 is 0 Å². The van der Waals surface area contributed by atoms with Gasteiger partial charge in [-0.05, 0) is 26.3 Å². The van der Waals surface area contributed by atoms with Crippen molar-refractivity contribution in [3.05, 3.63) is 68.0 Å². The van der Waals surface area contributed by atoms with E-state index in [1.54, 1.807) is 6.92 Å². The first-order chi connectivity index (χ1) is 14.9. The predicted molar refractivity (Wildman–Crippen MR) is 128 cm³/mol. The molecule has 4 aromatic rings. The van der Waals surface area contributed by atoms with Gasteiger partial charge in [0.25, 0.3) is 5.56 Å². The number of carbonyl (C=O) groups excluding carboxylic acids is 1. The summed E-state index contributed by atoms with van der Waals surface area (Å²) in [6, 6.07) is 9.90. The smallest absolute Gasteiger partial charge is 0.319 e. The molecule has 0 spiro atoms. The lowest BCUT2D eigenvalue weighted by Crippen LogP contribution is -2.18. The molecule has 1 atom stereocenters. The zero-order valence-corrected chi connectivity index (χ0v) is 19.7. The summed E-state index contributed by atoms with van der Waals surface area (Å²) in [6.07, 6.45) is 0. The maximum atomic E-state index is 12.4. The van der Waals surface area contributed by atoms with Crippen LogP contribution >= 0.6 is 34.4 Å². The van der Waals surface area contributed by atoms with Gasteiger partial charge < -0.3 is 9.72 Å². The van der Waals surface area contributed by atoms with Crippen molar-refractivity contribution >= 4 is 50.6 Å². The summed E-state index contributed by atoms with van der Waals surface area (Å²) < 4.78 is 5.43. The standard InChI is InChI=1S/C22H21N3O3S3/c1-12-13(2)31-21-18(12)19(26)24-17(25-21)11-29-14(3)22(27)28-9-16-10-30-20(23-16)15-7-5-4-6-8-15/h4-8,10,14H,9,11H2,1-3H3,(H,24,25,26)/t14-/m0/s1. The van der Waals surface area contributed by atoms with Crippen LogP contribution in [0.3, 0.4) is 0 Å². The maximum absolute atomic E-state index is 12.4. The third-order valence-corrected chi connectivity index (χ3v) is 8.00. The Morgan fingerprint density at radius 2 is 2.00 bits per heavy atom. The van der Waals surface area contributed by atoms with E-state index in [1.165, 1.54) is 34.4 Å². The van der Waals surface area contributed by atoms with E-state index >= 15 is 0 Å². The molecule has 0 bridgehead atoms. The van der Waals surface area contributed by atoms with Crippen LogP contribution in [-0.2, 0) is 21.9 Å². The fourth-order valence-corrected chi connectivity index (χ4v) is 5.60. The van der Waals surface area contributed by atoms with Gasteiger partial charge in [-0.3, -0.25) is 9.59 Å². The molecule has 0 radical (unpaired) electrons. The van der Waals surface area contributed by atoms with Gasteiger partial charge in [0.15, 0.2) is 0 Å². The van der Waals surface area contributed by atoms with Gasteiger partial charge >= 0.3 is 5.97 Å². The van der Waals surface area contributed by atoms with Crippen LogP contribution in [0.1, 0.15) is 28.9 Å². The SMILES string of the molecule is Cc1sc2nc(CS[C@@H](C)C(=O)OCc3csc(-c4ccccc4)n3)[nH]c(=O)c2c1C. The predicted octanol–water partition coefficient (Wildman–Crippen LogP) is 5.09. The third kappa shape index (κ3) is 4.89. The monoisotopic (exact) mass is 471 g/mol. The summed E-state index contributed by atoms with van der Waals surface area (Å²) in [5.74, 6) is 0.674. The van der Waals surface area contributed by atoms with Crippen LogP contribution in [0, 0.1) is 13.8 Å². The lowest BCUT2D eigenvalue weighted by atomic mass is 10.2. The van der Waals surface area contributed by atoms with Crippen LogP contribution in [0.15, 0.2) is 40.5 Å². The molecule has 160 valence electrons. The van der Waals surface area contributed by atoms with Gasteiger partial charge in [0.05, 0.1) is 16.8 Å². The normalized spacial score (nSPS) is 12.2. The fraction of sp³-hybridized carbons (Fsp3) is 0.273. The summed E-state index contributed by atoms with van der Waals surface area (Å²) in [4.78, 5) is 38.5. The fourth-order valence-electron chi connectivity index (χ4n) is 2.99. The molecule has 3 heterocycles. The molecule has 3 aromatic heterocycles. The lowest BCUT2D eigenvalue weighted by molar-refractivity contribution is -0.144. The summed E-state index contributed by atoms with van der Waals surface area (Å²) in [5, 5.41) is 3.07. The minimum atomic E-state index is -0.389. The zero-order valence-electron chi connectivity index (χ0n) is 17.3. The van der Waals surface area contributed by atoms with E-state index in [0.29, 0.717) is 17.0 Å². The number of hydrogen-bond donors (Lipinski definition) is 1. The average molecular weight is 472 g/mol. The number of aryl methyl sites for hydroxylation is 2. The molecule has 9 heteroatoms. The number of aromatic nitrogens is 3. The second-order valence-electron chi connectivity index (χ2n) is 7.05. The molecule has 31 heavy (non-hydrogen) atoms. The minimum Gasteiger partial charge on any atom is -0.458 e. The van der Waals surface area contributed by atoms with E-state index in [4.69, 9.17) is 4.74 Å².